The molecule has 100 valence electrons. The molecule has 2 aromatic rings. The molecule has 1 aromatic heterocycles. The summed E-state index contributed by atoms with van der Waals surface area (Å²) in [5.41, 5.74) is 7.57. The van der Waals surface area contributed by atoms with Gasteiger partial charge in [0, 0.05) is 23.9 Å². The van der Waals surface area contributed by atoms with Crippen molar-refractivity contribution in [1.29, 1.82) is 0 Å². The van der Waals surface area contributed by atoms with Crippen LogP contribution in [0, 0.1) is 6.92 Å². The van der Waals surface area contributed by atoms with Crippen molar-refractivity contribution in [2.75, 3.05) is 7.11 Å². The van der Waals surface area contributed by atoms with Crippen molar-refractivity contribution in [1.82, 2.24) is 9.78 Å². The normalized spacial score (nSPS) is 12.2. The van der Waals surface area contributed by atoms with E-state index in [1.165, 1.54) is 0 Å². The molecule has 2 rings (SSSR count). The number of aromatic nitrogens is 2. The van der Waals surface area contributed by atoms with Crippen LogP contribution in [0.5, 0.6) is 5.75 Å². The Morgan fingerprint density at radius 3 is 2.74 bits per heavy atom. The van der Waals surface area contributed by atoms with Crippen molar-refractivity contribution >= 4 is 0 Å². The number of nitrogens with two attached hydrogens (primary N) is 1. The predicted octanol–water partition coefficient (Wildman–Crippen LogP) is 1.57. The molecule has 0 amide bonds. The van der Waals surface area contributed by atoms with Crippen molar-refractivity contribution in [3.63, 3.8) is 0 Å². The van der Waals surface area contributed by atoms with Gasteiger partial charge in [0.2, 0.25) is 5.43 Å². The van der Waals surface area contributed by atoms with Gasteiger partial charge in [-0.2, -0.15) is 5.10 Å². The van der Waals surface area contributed by atoms with Crippen LogP contribution >= 0.6 is 0 Å². The maximum atomic E-state index is 11.8. The second kappa shape index (κ2) is 5.24. The molecule has 0 aliphatic carbocycles. The second-order valence-electron chi connectivity index (χ2n) is 4.44. The second-order valence-corrected chi connectivity index (χ2v) is 4.44. The number of nitrogens with zero attached hydrogens (tertiary/aromatic N) is 2. The maximum Gasteiger partial charge on any atom is 0.205 e. The number of rotatable bonds is 3. The fourth-order valence-corrected chi connectivity index (χ4v) is 1.88. The molecule has 1 heterocycles. The van der Waals surface area contributed by atoms with Crippen LogP contribution in [0.15, 0.2) is 35.1 Å². The Bertz CT molecular complexity index is 647. The summed E-state index contributed by atoms with van der Waals surface area (Å²) >= 11 is 0. The molecule has 1 atom stereocenters. The van der Waals surface area contributed by atoms with E-state index in [1.54, 1.807) is 24.8 Å². The summed E-state index contributed by atoms with van der Waals surface area (Å²) in [5.74, 6) is 0.736. The molecule has 1 aromatic carbocycles. The molecule has 5 nitrogen and oxygen atoms in total. The molecule has 0 aliphatic heterocycles. The smallest absolute Gasteiger partial charge is 0.205 e. The lowest BCUT2D eigenvalue weighted by atomic mass is 10.2. The average Bonchev–Trinajstić information content (AvgIpc) is 2.38. The van der Waals surface area contributed by atoms with Crippen LogP contribution in [0.1, 0.15) is 24.4 Å². The molecule has 0 saturated heterocycles. The summed E-state index contributed by atoms with van der Waals surface area (Å²) in [6.07, 6.45) is 0. The van der Waals surface area contributed by atoms with Crippen LogP contribution in [-0.2, 0) is 0 Å². The van der Waals surface area contributed by atoms with E-state index in [9.17, 15) is 4.79 Å². The van der Waals surface area contributed by atoms with Crippen LogP contribution in [0.2, 0.25) is 0 Å². The Labute approximate surface area is 111 Å². The van der Waals surface area contributed by atoms with Gasteiger partial charge in [0.05, 0.1) is 12.8 Å². The van der Waals surface area contributed by atoms with Gasteiger partial charge in [-0.15, -0.1) is 0 Å². The van der Waals surface area contributed by atoms with Gasteiger partial charge in [0.1, 0.15) is 11.4 Å². The lowest BCUT2D eigenvalue weighted by molar-refractivity contribution is 0.414. The molecule has 2 N–H and O–H groups in total. The van der Waals surface area contributed by atoms with Crippen LogP contribution in [0.4, 0.5) is 0 Å². The number of hydrogen-bond acceptors (Lipinski definition) is 4. The zero-order valence-electron chi connectivity index (χ0n) is 11.3. The highest BCUT2D eigenvalue weighted by Crippen LogP contribution is 2.17. The SMILES string of the molecule is COc1cccc(-n2nc(C(C)N)c(=O)cc2C)c1. The average molecular weight is 259 g/mol. The van der Waals surface area contributed by atoms with Gasteiger partial charge >= 0.3 is 0 Å². The zero-order valence-corrected chi connectivity index (χ0v) is 11.3. The van der Waals surface area contributed by atoms with E-state index >= 15 is 0 Å². The molecule has 5 heteroatoms. The lowest BCUT2D eigenvalue weighted by Crippen LogP contribution is -2.24. The van der Waals surface area contributed by atoms with Gasteiger partial charge < -0.3 is 10.5 Å². The van der Waals surface area contributed by atoms with Gasteiger partial charge in [0.25, 0.3) is 0 Å². The highest BCUT2D eigenvalue weighted by molar-refractivity contribution is 5.39. The first-order valence-electron chi connectivity index (χ1n) is 6.04. The summed E-state index contributed by atoms with van der Waals surface area (Å²) in [6.45, 7) is 3.58. The molecular weight excluding hydrogens is 242 g/mol. The molecule has 19 heavy (non-hydrogen) atoms. The van der Waals surface area contributed by atoms with Gasteiger partial charge in [0.15, 0.2) is 0 Å². The topological polar surface area (TPSA) is 70.1 Å². The van der Waals surface area contributed by atoms with Crippen LogP contribution in [0.25, 0.3) is 5.69 Å². The van der Waals surface area contributed by atoms with Crippen LogP contribution in [-0.4, -0.2) is 16.9 Å². The van der Waals surface area contributed by atoms with E-state index in [2.05, 4.69) is 5.10 Å². The molecule has 0 aliphatic rings. The summed E-state index contributed by atoms with van der Waals surface area (Å²) in [5, 5.41) is 4.34. The van der Waals surface area contributed by atoms with Crippen LogP contribution in [0.3, 0.4) is 0 Å². The highest BCUT2D eigenvalue weighted by atomic mass is 16.5. The van der Waals surface area contributed by atoms with Gasteiger partial charge in [-0.25, -0.2) is 4.68 Å². The van der Waals surface area contributed by atoms with Crippen molar-refractivity contribution < 1.29 is 4.74 Å². The summed E-state index contributed by atoms with van der Waals surface area (Å²) in [7, 11) is 1.61. The fraction of sp³-hybridized carbons (Fsp3) is 0.286. The monoisotopic (exact) mass is 259 g/mol. The first-order valence-corrected chi connectivity index (χ1v) is 6.04. The number of hydrogen-bond donors (Lipinski definition) is 1. The quantitative estimate of drug-likeness (QED) is 0.908. The Morgan fingerprint density at radius 2 is 2.11 bits per heavy atom. The molecule has 0 spiro atoms. The first kappa shape index (κ1) is 13.3. The van der Waals surface area contributed by atoms with Crippen molar-refractivity contribution in [2.45, 2.75) is 19.9 Å². The third-order valence-electron chi connectivity index (χ3n) is 2.86. The highest BCUT2D eigenvalue weighted by Gasteiger charge is 2.11. The van der Waals surface area contributed by atoms with E-state index in [4.69, 9.17) is 10.5 Å². The Balaban J connectivity index is 2.61. The maximum absolute atomic E-state index is 11.8. The fourth-order valence-electron chi connectivity index (χ4n) is 1.88. The summed E-state index contributed by atoms with van der Waals surface area (Å²) in [6, 6.07) is 8.63. The van der Waals surface area contributed by atoms with Crippen molar-refractivity contribution in [2.24, 2.45) is 5.73 Å². The minimum absolute atomic E-state index is 0.133. The van der Waals surface area contributed by atoms with Crippen molar-refractivity contribution in [3.8, 4) is 11.4 Å². The number of benzene rings is 1. The first-order chi connectivity index (χ1) is 9.02. The Kier molecular flexibility index (Phi) is 3.66. The van der Waals surface area contributed by atoms with E-state index in [0.29, 0.717) is 5.69 Å². The number of ether oxygens (including phenoxy) is 1. The summed E-state index contributed by atoms with van der Waals surface area (Å²) < 4.78 is 6.89. The van der Waals surface area contributed by atoms with Gasteiger partial charge in [-0.1, -0.05) is 6.07 Å². The minimum atomic E-state index is -0.398. The Hall–Kier alpha value is -2.14. The van der Waals surface area contributed by atoms with E-state index in [0.717, 1.165) is 17.1 Å². The minimum Gasteiger partial charge on any atom is -0.497 e. The lowest BCUT2D eigenvalue weighted by Gasteiger charge is -2.13. The molecule has 0 radical (unpaired) electrons. The van der Waals surface area contributed by atoms with E-state index in [1.807, 2.05) is 31.2 Å². The van der Waals surface area contributed by atoms with E-state index in [-0.39, 0.29) is 5.43 Å². The van der Waals surface area contributed by atoms with E-state index < -0.39 is 6.04 Å². The molecule has 1 unspecified atom stereocenters. The molecule has 0 saturated carbocycles. The molecule has 0 bridgehead atoms. The molecular formula is C14H17N3O2. The van der Waals surface area contributed by atoms with Gasteiger partial charge in [-0.3, -0.25) is 4.79 Å². The van der Waals surface area contributed by atoms with Crippen molar-refractivity contribution in [3.05, 3.63) is 51.9 Å². The summed E-state index contributed by atoms with van der Waals surface area (Å²) in [4.78, 5) is 11.8. The largest absolute Gasteiger partial charge is 0.497 e. The molecule has 0 fully saturated rings. The predicted molar refractivity (Wildman–Crippen MR) is 73.7 cm³/mol. The zero-order chi connectivity index (χ0) is 14.0. The number of aryl methyl sites for hydroxylation is 1. The third-order valence-corrected chi connectivity index (χ3v) is 2.86. The van der Waals surface area contributed by atoms with Crippen LogP contribution < -0.4 is 15.9 Å². The third kappa shape index (κ3) is 2.66. The number of methoxy groups -OCH3 is 1. The standard InChI is InChI=1S/C14H17N3O2/c1-9-7-13(18)14(10(2)15)16-17(9)11-5-4-6-12(8-11)19-3/h4-8,10H,15H2,1-3H3. The Morgan fingerprint density at radius 1 is 1.37 bits per heavy atom. The van der Waals surface area contributed by atoms with Gasteiger partial charge in [-0.05, 0) is 26.0 Å².